The number of thiophene rings is 1. The standard InChI is InChI=1S/C15H14BrNO3S/c1-8-9(2)21-14(12(8)15(19)20-3)17-13(18)10-5-4-6-11(16)7-10/h4-7H,1-3H3,(H,17,18). The predicted molar refractivity (Wildman–Crippen MR) is 87.2 cm³/mol. The average molecular weight is 368 g/mol. The molecule has 0 radical (unpaired) electrons. The molecule has 0 saturated carbocycles. The van der Waals surface area contributed by atoms with E-state index in [1.54, 1.807) is 18.2 Å². The van der Waals surface area contributed by atoms with Crippen molar-refractivity contribution in [2.45, 2.75) is 13.8 Å². The van der Waals surface area contributed by atoms with E-state index in [-0.39, 0.29) is 5.91 Å². The molecule has 2 rings (SSSR count). The lowest BCUT2D eigenvalue weighted by Gasteiger charge is -2.06. The molecule has 0 fully saturated rings. The zero-order valence-corrected chi connectivity index (χ0v) is 14.2. The first-order chi connectivity index (χ1) is 9.93. The lowest BCUT2D eigenvalue weighted by atomic mass is 10.1. The van der Waals surface area contributed by atoms with Gasteiger partial charge in [0.05, 0.1) is 12.7 Å². The number of nitrogens with one attached hydrogen (secondary N) is 1. The summed E-state index contributed by atoms with van der Waals surface area (Å²) in [7, 11) is 1.33. The molecular weight excluding hydrogens is 354 g/mol. The van der Waals surface area contributed by atoms with Crippen LogP contribution in [0.1, 0.15) is 31.2 Å². The van der Waals surface area contributed by atoms with Gasteiger partial charge in [0, 0.05) is 14.9 Å². The number of hydrogen-bond acceptors (Lipinski definition) is 4. The Hall–Kier alpha value is -1.66. The molecule has 0 saturated heterocycles. The summed E-state index contributed by atoms with van der Waals surface area (Å²) in [5, 5.41) is 3.30. The summed E-state index contributed by atoms with van der Waals surface area (Å²) in [6.07, 6.45) is 0. The Morgan fingerprint density at radius 3 is 2.62 bits per heavy atom. The number of esters is 1. The van der Waals surface area contributed by atoms with E-state index in [0.29, 0.717) is 16.1 Å². The number of halogens is 1. The number of benzene rings is 1. The summed E-state index contributed by atoms with van der Waals surface area (Å²) < 4.78 is 5.61. The molecule has 110 valence electrons. The molecule has 0 aliphatic heterocycles. The number of anilines is 1. The van der Waals surface area contributed by atoms with E-state index in [4.69, 9.17) is 4.74 Å². The molecule has 0 aliphatic carbocycles. The highest BCUT2D eigenvalue weighted by Crippen LogP contribution is 2.33. The van der Waals surface area contributed by atoms with Gasteiger partial charge in [-0.15, -0.1) is 11.3 Å². The molecule has 1 amide bonds. The number of methoxy groups -OCH3 is 1. The summed E-state index contributed by atoms with van der Waals surface area (Å²) in [6.45, 7) is 3.74. The molecule has 2 aromatic rings. The zero-order chi connectivity index (χ0) is 15.6. The summed E-state index contributed by atoms with van der Waals surface area (Å²) in [6, 6.07) is 7.06. The van der Waals surface area contributed by atoms with Crippen molar-refractivity contribution in [3.8, 4) is 0 Å². The molecule has 0 atom stereocenters. The van der Waals surface area contributed by atoms with E-state index in [1.165, 1.54) is 18.4 Å². The van der Waals surface area contributed by atoms with Crippen molar-refractivity contribution >= 4 is 44.1 Å². The van der Waals surface area contributed by atoms with E-state index >= 15 is 0 Å². The third kappa shape index (κ3) is 3.33. The highest BCUT2D eigenvalue weighted by Gasteiger charge is 2.21. The minimum absolute atomic E-state index is 0.261. The third-order valence-corrected chi connectivity index (χ3v) is 4.70. The fraction of sp³-hybridized carbons (Fsp3) is 0.200. The van der Waals surface area contributed by atoms with Crippen LogP contribution >= 0.6 is 27.3 Å². The minimum atomic E-state index is -0.443. The van der Waals surface area contributed by atoms with Gasteiger partial charge in [0.2, 0.25) is 0 Å². The number of ether oxygens (including phenoxy) is 1. The molecule has 21 heavy (non-hydrogen) atoms. The number of aryl methyl sites for hydroxylation is 1. The molecule has 0 spiro atoms. The second kappa shape index (κ2) is 6.41. The second-order valence-electron chi connectivity index (χ2n) is 4.44. The lowest BCUT2D eigenvalue weighted by Crippen LogP contribution is -2.14. The molecule has 1 N–H and O–H groups in total. The van der Waals surface area contributed by atoms with Crippen molar-refractivity contribution < 1.29 is 14.3 Å². The molecule has 0 aliphatic rings. The summed E-state index contributed by atoms with van der Waals surface area (Å²) in [5.74, 6) is -0.705. The second-order valence-corrected chi connectivity index (χ2v) is 6.58. The highest BCUT2D eigenvalue weighted by molar-refractivity contribution is 9.10. The van der Waals surface area contributed by atoms with E-state index in [9.17, 15) is 9.59 Å². The average Bonchev–Trinajstić information content (AvgIpc) is 2.73. The van der Waals surface area contributed by atoms with Crippen LogP contribution in [0.25, 0.3) is 0 Å². The maximum absolute atomic E-state index is 12.3. The molecule has 1 heterocycles. The van der Waals surface area contributed by atoms with Gasteiger partial charge in [0.25, 0.3) is 5.91 Å². The number of hydrogen-bond donors (Lipinski definition) is 1. The number of amides is 1. The quantitative estimate of drug-likeness (QED) is 0.828. The van der Waals surface area contributed by atoms with E-state index < -0.39 is 5.97 Å². The SMILES string of the molecule is COC(=O)c1c(NC(=O)c2cccc(Br)c2)sc(C)c1C. The highest BCUT2D eigenvalue weighted by atomic mass is 79.9. The molecule has 0 unspecified atom stereocenters. The van der Waals surface area contributed by atoms with Crippen LogP contribution in [0.3, 0.4) is 0 Å². The van der Waals surface area contributed by atoms with Crippen LogP contribution in [0.15, 0.2) is 28.7 Å². The maximum Gasteiger partial charge on any atom is 0.341 e. The first-order valence-electron chi connectivity index (χ1n) is 6.19. The monoisotopic (exact) mass is 367 g/mol. The van der Waals surface area contributed by atoms with Gasteiger partial charge < -0.3 is 10.1 Å². The molecule has 1 aromatic heterocycles. The molecule has 4 nitrogen and oxygen atoms in total. The van der Waals surface area contributed by atoms with Crippen molar-refractivity contribution in [2.75, 3.05) is 12.4 Å². The molecule has 6 heteroatoms. The Bertz CT molecular complexity index is 709. The Morgan fingerprint density at radius 1 is 1.29 bits per heavy atom. The first kappa shape index (κ1) is 15.7. The van der Waals surface area contributed by atoms with E-state index in [2.05, 4.69) is 21.2 Å². The summed E-state index contributed by atoms with van der Waals surface area (Å²) in [5.41, 5.74) is 1.77. The van der Waals surface area contributed by atoms with Crippen molar-refractivity contribution in [1.82, 2.24) is 0 Å². The van der Waals surface area contributed by atoms with Gasteiger partial charge in [-0.2, -0.15) is 0 Å². The van der Waals surface area contributed by atoms with Gasteiger partial charge in [-0.3, -0.25) is 4.79 Å². The first-order valence-corrected chi connectivity index (χ1v) is 7.80. The van der Waals surface area contributed by atoms with Gasteiger partial charge in [0.1, 0.15) is 5.00 Å². The zero-order valence-electron chi connectivity index (χ0n) is 11.8. The molecular formula is C15H14BrNO3S. The Kier molecular flexibility index (Phi) is 4.80. The minimum Gasteiger partial charge on any atom is -0.465 e. The van der Waals surface area contributed by atoms with Gasteiger partial charge >= 0.3 is 5.97 Å². The Balaban J connectivity index is 2.34. The van der Waals surface area contributed by atoms with Gasteiger partial charge in [0.15, 0.2) is 0 Å². The van der Waals surface area contributed by atoms with Crippen molar-refractivity contribution in [2.24, 2.45) is 0 Å². The van der Waals surface area contributed by atoms with Crippen LogP contribution in [0, 0.1) is 13.8 Å². The van der Waals surface area contributed by atoms with Gasteiger partial charge in [-0.1, -0.05) is 22.0 Å². The van der Waals surface area contributed by atoms with Gasteiger partial charge in [-0.05, 0) is 37.6 Å². The van der Waals surface area contributed by atoms with E-state index in [1.807, 2.05) is 19.9 Å². The molecule has 0 bridgehead atoms. The van der Waals surface area contributed by atoms with Crippen LogP contribution in [0.4, 0.5) is 5.00 Å². The van der Waals surface area contributed by atoms with Crippen LogP contribution in [-0.4, -0.2) is 19.0 Å². The fourth-order valence-corrected chi connectivity index (χ4v) is 3.31. The Labute approximate surface area is 135 Å². The lowest BCUT2D eigenvalue weighted by molar-refractivity contribution is 0.0601. The van der Waals surface area contributed by atoms with Crippen LogP contribution in [-0.2, 0) is 4.74 Å². The van der Waals surface area contributed by atoms with Crippen LogP contribution in [0.2, 0.25) is 0 Å². The molecule has 1 aromatic carbocycles. The van der Waals surface area contributed by atoms with Gasteiger partial charge in [-0.25, -0.2) is 4.79 Å². The largest absolute Gasteiger partial charge is 0.465 e. The topological polar surface area (TPSA) is 55.4 Å². The number of carbonyl (C=O) groups is 2. The van der Waals surface area contributed by atoms with Crippen molar-refractivity contribution in [3.05, 3.63) is 50.3 Å². The van der Waals surface area contributed by atoms with Crippen LogP contribution in [0.5, 0.6) is 0 Å². The Morgan fingerprint density at radius 2 is 2.00 bits per heavy atom. The predicted octanol–water partition coefficient (Wildman–Crippen LogP) is 4.17. The van der Waals surface area contributed by atoms with Crippen LogP contribution < -0.4 is 5.32 Å². The normalized spacial score (nSPS) is 10.3. The van der Waals surface area contributed by atoms with Crippen molar-refractivity contribution in [1.29, 1.82) is 0 Å². The number of rotatable bonds is 3. The summed E-state index contributed by atoms with van der Waals surface area (Å²) in [4.78, 5) is 25.1. The maximum atomic E-state index is 12.3. The smallest absolute Gasteiger partial charge is 0.341 e. The van der Waals surface area contributed by atoms with Crippen molar-refractivity contribution in [3.63, 3.8) is 0 Å². The van der Waals surface area contributed by atoms with E-state index in [0.717, 1.165) is 14.9 Å². The third-order valence-electron chi connectivity index (χ3n) is 3.09. The summed E-state index contributed by atoms with van der Waals surface area (Å²) >= 11 is 4.70. The fourth-order valence-electron chi connectivity index (χ4n) is 1.87. The number of carbonyl (C=O) groups excluding carboxylic acids is 2.